The van der Waals surface area contributed by atoms with Gasteiger partial charge in [-0.1, -0.05) is 48.5 Å². The van der Waals surface area contributed by atoms with E-state index in [4.69, 9.17) is 18.6 Å². The van der Waals surface area contributed by atoms with Crippen molar-refractivity contribution in [2.45, 2.75) is 13.2 Å². The average molecular weight is 484 g/mol. The van der Waals surface area contributed by atoms with Gasteiger partial charge in [0.15, 0.2) is 5.76 Å². The van der Waals surface area contributed by atoms with Crippen LogP contribution in [-0.2, 0) is 13.2 Å². The average Bonchev–Trinajstić information content (AvgIpc) is 3.61. The van der Waals surface area contributed by atoms with E-state index >= 15 is 0 Å². The summed E-state index contributed by atoms with van der Waals surface area (Å²) < 4.78 is 25.2. The van der Waals surface area contributed by atoms with Crippen molar-refractivity contribution in [3.05, 3.63) is 96.2 Å². The van der Waals surface area contributed by atoms with Gasteiger partial charge in [-0.2, -0.15) is 4.52 Å². The maximum atomic E-state index is 6.19. The zero-order valence-corrected chi connectivity index (χ0v) is 19.7. The van der Waals surface area contributed by atoms with Crippen molar-refractivity contribution in [1.29, 1.82) is 0 Å². The zero-order valence-electron chi connectivity index (χ0n) is 18.9. The molecule has 0 aliphatic carbocycles. The van der Waals surface area contributed by atoms with Crippen molar-refractivity contribution in [3.63, 3.8) is 0 Å². The van der Waals surface area contributed by atoms with Crippen molar-refractivity contribution < 1.29 is 18.6 Å². The van der Waals surface area contributed by atoms with Gasteiger partial charge in [-0.05, 0) is 52.8 Å². The molecule has 7 nitrogen and oxygen atoms in total. The lowest BCUT2D eigenvalue weighted by molar-refractivity contribution is 0.297. The second-order valence-electron chi connectivity index (χ2n) is 7.90. The first-order valence-electron chi connectivity index (χ1n) is 11.1. The molecule has 0 aliphatic rings. The minimum absolute atomic E-state index is 0.405. The highest BCUT2D eigenvalue weighted by Crippen LogP contribution is 2.35. The van der Waals surface area contributed by atoms with Crippen molar-refractivity contribution in [2.24, 2.45) is 0 Å². The molecule has 0 saturated carbocycles. The number of fused-ring (bicyclic) bond motifs is 2. The van der Waals surface area contributed by atoms with E-state index in [1.165, 1.54) is 11.3 Å². The number of furan rings is 1. The van der Waals surface area contributed by atoms with Crippen LogP contribution in [0.15, 0.2) is 89.5 Å². The Labute approximate surface area is 205 Å². The third-order valence-corrected chi connectivity index (χ3v) is 6.44. The Kier molecular flexibility index (Phi) is 5.56. The Bertz CT molecular complexity index is 1600. The molecule has 0 N–H and O–H groups in total. The van der Waals surface area contributed by atoms with E-state index in [-0.39, 0.29) is 0 Å². The Balaban J connectivity index is 1.21. The highest BCUT2D eigenvalue weighted by atomic mass is 32.1. The van der Waals surface area contributed by atoms with Crippen molar-refractivity contribution in [3.8, 4) is 28.1 Å². The number of hydrogen-bond donors (Lipinski definition) is 0. The van der Waals surface area contributed by atoms with Crippen LogP contribution in [0.4, 0.5) is 0 Å². The lowest BCUT2D eigenvalue weighted by Crippen LogP contribution is -1.98. The first-order chi connectivity index (χ1) is 17.3. The second kappa shape index (κ2) is 9.15. The number of imidazole rings is 1. The van der Waals surface area contributed by atoms with E-state index < -0.39 is 0 Å². The highest BCUT2D eigenvalue weighted by molar-refractivity contribution is 7.18. The molecular weight excluding hydrogens is 462 g/mol. The topological polar surface area (TPSA) is 71.0 Å². The predicted octanol–water partition coefficient (Wildman–Crippen LogP) is 6.37. The van der Waals surface area contributed by atoms with Gasteiger partial charge in [-0.3, -0.25) is 0 Å². The molecule has 0 fully saturated rings. The minimum atomic E-state index is 0.405. The molecule has 0 atom stereocenters. The van der Waals surface area contributed by atoms with E-state index in [2.05, 4.69) is 10.1 Å². The van der Waals surface area contributed by atoms with E-state index in [9.17, 15) is 0 Å². The molecule has 3 aromatic carbocycles. The molecule has 174 valence electrons. The fraction of sp³-hybridized carbons (Fsp3) is 0.111. The summed E-state index contributed by atoms with van der Waals surface area (Å²) in [6, 6.07) is 25.8. The maximum Gasteiger partial charge on any atom is 0.294 e. The van der Waals surface area contributed by atoms with Crippen LogP contribution in [0.5, 0.6) is 16.7 Å². The monoisotopic (exact) mass is 483 g/mol. The number of methoxy groups -OCH3 is 1. The molecule has 3 heterocycles. The molecule has 6 rings (SSSR count). The lowest BCUT2D eigenvalue weighted by atomic mass is 10.2. The number of ether oxygens (including phenoxy) is 3. The quantitative estimate of drug-likeness (QED) is 0.250. The van der Waals surface area contributed by atoms with Crippen LogP contribution >= 0.6 is 11.3 Å². The summed E-state index contributed by atoms with van der Waals surface area (Å²) in [5.41, 5.74) is 3.63. The summed E-state index contributed by atoms with van der Waals surface area (Å²) in [4.78, 5) is 5.15. The van der Waals surface area contributed by atoms with E-state index in [1.807, 2.05) is 78.9 Å². The standard InChI is InChI=1S/C27H21N3O4S/c1-31-27-29-30-22(15-28-26(30)35-27)25-14-21-23(11-6-12-24(21)34-25)33-17-19-9-5-10-20(13-19)32-16-18-7-3-2-4-8-18/h2-15H,16-17H2,1H3. The summed E-state index contributed by atoms with van der Waals surface area (Å²) in [7, 11) is 1.59. The van der Waals surface area contributed by atoms with Crippen molar-refractivity contribution in [2.75, 3.05) is 7.11 Å². The molecule has 0 spiro atoms. The Morgan fingerprint density at radius 1 is 0.886 bits per heavy atom. The van der Waals surface area contributed by atoms with Crippen LogP contribution in [0.1, 0.15) is 11.1 Å². The third kappa shape index (κ3) is 4.31. The van der Waals surface area contributed by atoms with Crippen LogP contribution in [0, 0.1) is 0 Å². The number of nitrogens with zero attached hydrogens (tertiary/aromatic N) is 3. The Morgan fingerprint density at radius 3 is 2.60 bits per heavy atom. The normalized spacial score (nSPS) is 11.2. The van der Waals surface area contributed by atoms with Crippen LogP contribution in [0.25, 0.3) is 27.4 Å². The van der Waals surface area contributed by atoms with E-state index in [1.54, 1.807) is 17.8 Å². The van der Waals surface area contributed by atoms with Crippen LogP contribution in [-0.4, -0.2) is 21.7 Å². The Morgan fingerprint density at radius 2 is 1.71 bits per heavy atom. The molecule has 6 aromatic rings. The van der Waals surface area contributed by atoms with E-state index in [0.717, 1.165) is 44.2 Å². The summed E-state index contributed by atoms with van der Waals surface area (Å²) in [5.74, 6) is 2.21. The van der Waals surface area contributed by atoms with Gasteiger partial charge in [0.1, 0.15) is 36.0 Å². The summed E-state index contributed by atoms with van der Waals surface area (Å²) in [6.45, 7) is 0.928. The maximum absolute atomic E-state index is 6.19. The van der Waals surface area contributed by atoms with Gasteiger partial charge in [0.2, 0.25) is 4.96 Å². The molecule has 0 radical (unpaired) electrons. The summed E-state index contributed by atoms with van der Waals surface area (Å²) in [6.07, 6.45) is 1.75. The van der Waals surface area contributed by atoms with E-state index in [0.29, 0.717) is 24.2 Å². The molecule has 0 bridgehead atoms. The van der Waals surface area contributed by atoms with Gasteiger partial charge in [0.05, 0.1) is 18.7 Å². The fourth-order valence-electron chi connectivity index (χ4n) is 3.84. The van der Waals surface area contributed by atoms with Crippen molar-refractivity contribution >= 4 is 27.3 Å². The summed E-state index contributed by atoms with van der Waals surface area (Å²) in [5, 5.41) is 5.86. The molecule has 0 aliphatic heterocycles. The van der Waals surface area contributed by atoms with Crippen LogP contribution in [0.3, 0.4) is 0 Å². The second-order valence-corrected chi connectivity index (χ2v) is 8.82. The molecule has 0 saturated heterocycles. The highest BCUT2D eigenvalue weighted by Gasteiger charge is 2.17. The lowest BCUT2D eigenvalue weighted by Gasteiger charge is -2.10. The fourth-order valence-corrected chi connectivity index (χ4v) is 4.53. The van der Waals surface area contributed by atoms with Gasteiger partial charge >= 0.3 is 0 Å². The Hall–Kier alpha value is -4.30. The molecule has 0 amide bonds. The first kappa shape index (κ1) is 21.2. The van der Waals surface area contributed by atoms with Gasteiger partial charge in [-0.15, -0.1) is 5.10 Å². The molecule has 35 heavy (non-hydrogen) atoms. The SMILES string of the molecule is COc1nn2c(-c3cc4c(OCc5cccc(OCc6ccccc6)c5)cccc4o3)cnc2s1. The van der Waals surface area contributed by atoms with Gasteiger partial charge in [-0.25, -0.2) is 4.98 Å². The number of hydrogen-bond acceptors (Lipinski definition) is 7. The number of benzene rings is 3. The minimum Gasteiger partial charge on any atom is -0.489 e. The summed E-state index contributed by atoms with van der Waals surface area (Å²) >= 11 is 1.37. The van der Waals surface area contributed by atoms with Gasteiger partial charge in [0.25, 0.3) is 5.19 Å². The van der Waals surface area contributed by atoms with Crippen molar-refractivity contribution in [1.82, 2.24) is 14.6 Å². The smallest absolute Gasteiger partial charge is 0.294 e. The molecule has 3 aromatic heterocycles. The molecule has 8 heteroatoms. The van der Waals surface area contributed by atoms with Crippen LogP contribution in [0.2, 0.25) is 0 Å². The van der Waals surface area contributed by atoms with Crippen LogP contribution < -0.4 is 14.2 Å². The molecular formula is C27H21N3O4S. The van der Waals surface area contributed by atoms with Gasteiger partial charge in [0, 0.05) is 0 Å². The number of rotatable bonds is 8. The third-order valence-electron chi connectivity index (χ3n) is 5.56. The number of aromatic nitrogens is 3. The first-order valence-corrected chi connectivity index (χ1v) is 11.9. The zero-order chi connectivity index (χ0) is 23.6. The predicted molar refractivity (Wildman–Crippen MR) is 134 cm³/mol. The molecule has 0 unspecified atom stereocenters. The largest absolute Gasteiger partial charge is 0.489 e. The van der Waals surface area contributed by atoms with Gasteiger partial charge < -0.3 is 18.6 Å².